The third-order valence-electron chi connectivity index (χ3n) is 5.25. The molecule has 2 N–H and O–H groups in total. The normalized spacial score (nSPS) is 16.4. The van der Waals surface area contributed by atoms with Crippen molar-refractivity contribution in [2.45, 2.75) is 70.3 Å². The van der Waals surface area contributed by atoms with E-state index in [1.54, 1.807) is 19.0 Å². The summed E-state index contributed by atoms with van der Waals surface area (Å²) in [6, 6.07) is 0. The zero-order chi connectivity index (χ0) is 19.6. The summed E-state index contributed by atoms with van der Waals surface area (Å²) in [6.07, 6.45) is 9.45. The molecule has 1 aliphatic rings. The lowest BCUT2D eigenvalue weighted by Gasteiger charge is -2.21. The molecule has 2 rings (SSSR count). The zero-order valence-electron chi connectivity index (χ0n) is 16.4. The molecule has 152 valence electrons. The Kier molecular flexibility index (Phi) is 8.71. The first kappa shape index (κ1) is 21.3. The van der Waals surface area contributed by atoms with Crippen molar-refractivity contribution < 1.29 is 19.2 Å². The van der Waals surface area contributed by atoms with Gasteiger partial charge in [0.25, 0.3) is 0 Å². The molecule has 1 fully saturated rings. The Labute approximate surface area is 160 Å². The van der Waals surface area contributed by atoms with Crippen LogP contribution in [0.25, 0.3) is 0 Å². The Balaban J connectivity index is 1.88. The van der Waals surface area contributed by atoms with Crippen LogP contribution in [0.4, 0.5) is 0 Å². The molecule has 8 heteroatoms. The fraction of sp³-hybridized carbons (Fsp3) is 0.789. The average molecular weight is 380 g/mol. The molecule has 1 aliphatic carbocycles. The summed E-state index contributed by atoms with van der Waals surface area (Å²) >= 11 is 0. The van der Waals surface area contributed by atoms with Crippen LogP contribution in [0, 0.1) is 5.92 Å². The summed E-state index contributed by atoms with van der Waals surface area (Å²) in [5.74, 6) is 0.447. The van der Waals surface area contributed by atoms with Gasteiger partial charge in [-0.05, 0) is 19.4 Å². The predicted octanol–water partition coefficient (Wildman–Crippen LogP) is 2.56. The quantitative estimate of drug-likeness (QED) is 0.607. The molecular weight excluding hydrogens is 348 g/mol. The van der Waals surface area contributed by atoms with E-state index in [0.717, 1.165) is 25.2 Å². The summed E-state index contributed by atoms with van der Waals surface area (Å²) in [5, 5.41) is 15.8. The van der Waals surface area contributed by atoms with Gasteiger partial charge < -0.3 is 14.9 Å². The maximum absolute atomic E-state index is 11.4. The Morgan fingerprint density at radius 2 is 2.07 bits per heavy atom. The number of hydrogen-bond acceptors (Lipinski definition) is 6. The molecule has 1 saturated carbocycles. The summed E-state index contributed by atoms with van der Waals surface area (Å²) in [5.41, 5.74) is 0. The monoisotopic (exact) mass is 380 g/mol. The van der Waals surface area contributed by atoms with Crippen molar-refractivity contribution in [3.05, 3.63) is 11.7 Å². The van der Waals surface area contributed by atoms with E-state index in [-0.39, 0.29) is 24.8 Å². The third-order valence-corrected chi connectivity index (χ3v) is 5.25. The van der Waals surface area contributed by atoms with Crippen LogP contribution < -0.4 is 5.32 Å². The smallest absolute Gasteiger partial charge is 0.304 e. The molecule has 0 spiro atoms. The van der Waals surface area contributed by atoms with Crippen molar-refractivity contribution in [3.8, 4) is 0 Å². The van der Waals surface area contributed by atoms with Gasteiger partial charge in [-0.15, -0.1) is 0 Å². The average Bonchev–Trinajstić information content (AvgIpc) is 3.09. The van der Waals surface area contributed by atoms with E-state index in [4.69, 9.17) is 4.52 Å². The molecular formula is C19H32N4O4. The number of amides is 1. The summed E-state index contributed by atoms with van der Waals surface area (Å²) < 4.78 is 5.35. The van der Waals surface area contributed by atoms with Crippen molar-refractivity contribution in [3.63, 3.8) is 0 Å². The highest BCUT2D eigenvalue weighted by molar-refractivity contribution is 5.77. The lowest BCUT2D eigenvalue weighted by atomic mass is 9.84. The van der Waals surface area contributed by atoms with E-state index >= 15 is 0 Å². The highest BCUT2D eigenvalue weighted by atomic mass is 16.5. The number of rotatable bonds is 11. The number of aliphatic carboxylic acids is 1. The van der Waals surface area contributed by atoms with Crippen LogP contribution >= 0.6 is 0 Å². The van der Waals surface area contributed by atoms with E-state index in [0.29, 0.717) is 18.3 Å². The van der Waals surface area contributed by atoms with Gasteiger partial charge in [0.15, 0.2) is 5.82 Å². The third kappa shape index (κ3) is 7.66. The van der Waals surface area contributed by atoms with Gasteiger partial charge in [0.2, 0.25) is 11.8 Å². The van der Waals surface area contributed by atoms with Crippen molar-refractivity contribution in [2.24, 2.45) is 5.92 Å². The number of nitrogens with one attached hydrogen (secondary N) is 1. The number of carboxylic acids is 1. The maximum atomic E-state index is 11.4. The van der Waals surface area contributed by atoms with Crippen LogP contribution in [0.15, 0.2) is 4.52 Å². The molecule has 1 atom stereocenters. The topological polar surface area (TPSA) is 109 Å². The number of hydrogen-bond donors (Lipinski definition) is 2. The van der Waals surface area contributed by atoms with Gasteiger partial charge in [0, 0.05) is 13.0 Å². The Hall–Kier alpha value is -1.96. The second-order valence-electron chi connectivity index (χ2n) is 7.62. The van der Waals surface area contributed by atoms with Crippen LogP contribution in [0.2, 0.25) is 0 Å². The van der Waals surface area contributed by atoms with E-state index in [1.807, 2.05) is 0 Å². The fourth-order valence-corrected chi connectivity index (χ4v) is 3.77. The molecule has 1 aromatic heterocycles. The first-order chi connectivity index (χ1) is 13.0. The molecule has 0 radical (unpaired) electrons. The second kappa shape index (κ2) is 11.0. The van der Waals surface area contributed by atoms with Crippen molar-refractivity contribution in [1.29, 1.82) is 0 Å². The predicted molar refractivity (Wildman–Crippen MR) is 100 cm³/mol. The van der Waals surface area contributed by atoms with Gasteiger partial charge >= 0.3 is 5.97 Å². The highest BCUT2D eigenvalue weighted by Gasteiger charge is 2.23. The minimum absolute atomic E-state index is 0.000377. The Morgan fingerprint density at radius 1 is 1.33 bits per heavy atom. The number of carboxylic acid groups (broad SMARTS) is 1. The second-order valence-corrected chi connectivity index (χ2v) is 7.62. The number of carbonyl (C=O) groups is 2. The molecule has 0 saturated heterocycles. The SMILES string of the molecule is CNC(=O)CN(C)Cc1noc([C@H](CCCC2CCCCC2)CC(=O)O)n1. The molecule has 0 unspecified atom stereocenters. The molecule has 0 aromatic carbocycles. The van der Waals surface area contributed by atoms with Crippen LogP contribution in [-0.4, -0.2) is 52.7 Å². The largest absolute Gasteiger partial charge is 0.481 e. The Morgan fingerprint density at radius 3 is 2.74 bits per heavy atom. The number of carbonyl (C=O) groups excluding carboxylic acids is 1. The molecule has 0 bridgehead atoms. The lowest BCUT2D eigenvalue weighted by Crippen LogP contribution is -2.32. The Bertz CT molecular complexity index is 598. The van der Waals surface area contributed by atoms with E-state index in [2.05, 4.69) is 15.5 Å². The maximum Gasteiger partial charge on any atom is 0.304 e. The van der Waals surface area contributed by atoms with Crippen LogP contribution in [0.1, 0.15) is 75.4 Å². The van der Waals surface area contributed by atoms with Crippen molar-refractivity contribution in [1.82, 2.24) is 20.4 Å². The number of nitrogens with zero attached hydrogens (tertiary/aromatic N) is 3. The van der Waals surface area contributed by atoms with Gasteiger partial charge in [-0.2, -0.15) is 4.98 Å². The summed E-state index contributed by atoms with van der Waals surface area (Å²) in [6.45, 7) is 0.610. The number of aromatic nitrogens is 2. The van der Waals surface area contributed by atoms with E-state index in [1.165, 1.54) is 32.1 Å². The molecule has 27 heavy (non-hydrogen) atoms. The zero-order valence-corrected chi connectivity index (χ0v) is 16.4. The fourth-order valence-electron chi connectivity index (χ4n) is 3.77. The molecule has 0 aliphatic heterocycles. The summed E-state index contributed by atoms with van der Waals surface area (Å²) in [7, 11) is 3.39. The van der Waals surface area contributed by atoms with Gasteiger partial charge in [-0.3, -0.25) is 14.5 Å². The van der Waals surface area contributed by atoms with Crippen LogP contribution in [-0.2, 0) is 16.1 Å². The van der Waals surface area contributed by atoms with Gasteiger partial charge in [0.1, 0.15) is 0 Å². The van der Waals surface area contributed by atoms with Crippen molar-refractivity contribution in [2.75, 3.05) is 20.6 Å². The lowest BCUT2D eigenvalue weighted by molar-refractivity contribution is -0.137. The standard InChI is InChI=1S/C19H32N4O4/c1-20-17(24)13-23(2)12-16-21-19(27-22-16)15(11-18(25)26)10-6-9-14-7-4-3-5-8-14/h14-15H,3-13H2,1-2H3,(H,20,24)(H,25,26)/t15-/m1/s1. The first-order valence-corrected chi connectivity index (χ1v) is 9.91. The minimum Gasteiger partial charge on any atom is -0.481 e. The highest BCUT2D eigenvalue weighted by Crippen LogP contribution is 2.31. The van der Waals surface area contributed by atoms with Crippen LogP contribution in [0.5, 0.6) is 0 Å². The van der Waals surface area contributed by atoms with E-state index < -0.39 is 5.97 Å². The summed E-state index contributed by atoms with van der Waals surface area (Å²) in [4.78, 5) is 28.8. The molecule has 1 heterocycles. The van der Waals surface area contributed by atoms with E-state index in [9.17, 15) is 14.7 Å². The number of likely N-dealkylation sites (N-methyl/N-ethyl adjacent to an activating group) is 2. The molecule has 1 amide bonds. The first-order valence-electron chi connectivity index (χ1n) is 9.91. The van der Waals surface area contributed by atoms with Gasteiger partial charge in [-0.1, -0.05) is 50.1 Å². The molecule has 8 nitrogen and oxygen atoms in total. The van der Waals surface area contributed by atoms with Gasteiger partial charge in [-0.25, -0.2) is 0 Å². The van der Waals surface area contributed by atoms with Crippen LogP contribution in [0.3, 0.4) is 0 Å². The molecule has 1 aromatic rings. The van der Waals surface area contributed by atoms with Crippen molar-refractivity contribution >= 4 is 11.9 Å². The van der Waals surface area contributed by atoms with Gasteiger partial charge in [0.05, 0.1) is 19.5 Å². The minimum atomic E-state index is -0.853.